The van der Waals surface area contributed by atoms with Gasteiger partial charge in [-0.1, -0.05) is 17.7 Å². The van der Waals surface area contributed by atoms with Crippen LogP contribution in [0.15, 0.2) is 18.2 Å². The number of rotatable bonds is 1. The Hall–Kier alpha value is -0.740. The highest BCUT2D eigenvalue weighted by atomic mass is 35.5. The van der Waals surface area contributed by atoms with Crippen molar-refractivity contribution in [2.45, 2.75) is 18.0 Å². The summed E-state index contributed by atoms with van der Waals surface area (Å²) in [6, 6.07) is 4.36. The number of piperidine rings is 1. The summed E-state index contributed by atoms with van der Waals surface area (Å²) < 4.78 is 38.5. The Bertz CT molecular complexity index is 499. The van der Waals surface area contributed by atoms with Crippen LogP contribution in [-0.2, 0) is 11.6 Å². The molecular weight excluding hydrogens is 263 g/mol. The molecule has 0 spiro atoms. The van der Waals surface area contributed by atoms with E-state index in [4.69, 9.17) is 11.6 Å². The molecule has 1 aromatic rings. The minimum Gasteiger partial charge on any atom is -0.305 e. The number of fused-ring (bicyclic) bond motifs is 1. The maximum Gasteiger partial charge on any atom is 0.417 e. The molecule has 0 amide bonds. The SMILES string of the molecule is CN1CC2C[C@]2(c2ccc(Cl)c(C(F)(F)F)c2)C1. The van der Waals surface area contributed by atoms with Crippen LogP contribution in [0.3, 0.4) is 0 Å². The number of alkyl halides is 3. The zero-order valence-corrected chi connectivity index (χ0v) is 10.6. The maximum atomic E-state index is 12.8. The molecule has 2 fully saturated rings. The van der Waals surface area contributed by atoms with E-state index in [0.29, 0.717) is 5.92 Å². The van der Waals surface area contributed by atoms with Crippen LogP contribution in [0.2, 0.25) is 5.02 Å². The normalized spacial score (nSPS) is 31.5. The van der Waals surface area contributed by atoms with Crippen molar-refractivity contribution in [2.24, 2.45) is 5.92 Å². The van der Waals surface area contributed by atoms with Crippen molar-refractivity contribution in [3.8, 4) is 0 Å². The minimum absolute atomic E-state index is 0.0562. The molecule has 98 valence electrons. The molecule has 1 aliphatic heterocycles. The lowest BCUT2D eigenvalue weighted by molar-refractivity contribution is -0.137. The zero-order valence-electron chi connectivity index (χ0n) is 9.89. The predicted molar refractivity (Wildman–Crippen MR) is 63.7 cm³/mol. The predicted octanol–water partition coefficient (Wildman–Crippen LogP) is 3.56. The molecule has 1 aliphatic carbocycles. The summed E-state index contributed by atoms with van der Waals surface area (Å²) in [5.41, 5.74) is 0.0177. The Morgan fingerprint density at radius 1 is 1.39 bits per heavy atom. The van der Waals surface area contributed by atoms with Crippen molar-refractivity contribution in [2.75, 3.05) is 20.1 Å². The van der Waals surface area contributed by atoms with Gasteiger partial charge in [-0.25, -0.2) is 0 Å². The molecule has 5 heteroatoms. The van der Waals surface area contributed by atoms with E-state index in [1.165, 1.54) is 12.1 Å². The quantitative estimate of drug-likeness (QED) is 0.757. The van der Waals surface area contributed by atoms with Gasteiger partial charge in [0.25, 0.3) is 0 Å². The third-order valence-electron chi connectivity index (χ3n) is 4.16. The van der Waals surface area contributed by atoms with Crippen LogP contribution in [-0.4, -0.2) is 25.0 Å². The number of likely N-dealkylation sites (tertiary alicyclic amines) is 1. The van der Waals surface area contributed by atoms with Crippen LogP contribution in [0.5, 0.6) is 0 Å². The molecule has 3 rings (SSSR count). The molecule has 2 aliphatic rings. The van der Waals surface area contributed by atoms with Crippen LogP contribution in [0.4, 0.5) is 13.2 Å². The van der Waals surface area contributed by atoms with Gasteiger partial charge in [-0.2, -0.15) is 13.2 Å². The van der Waals surface area contributed by atoms with Gasteiger partial charge in [-0.3, -0.25) is 0 Å². The van der Waals surface area contributed by atoms with E-state index in [1.54, 1.807) is 6.07 Å². The third-order valence-corrected chi connectivity index (χ3v) is 4.49. The van der Waals surface area contributed by atoms with E-state index in [9.17, 15) is 13.2 Å². The molecule has 0 N–H and O–H groups in total. The van der Waals surface area contributed by atoms with E-state index in [-0.39, 0.29) is 10.4 Å². The maximum absolute atomic E-state index is 12.8. The van der Waals surface area contributed by atoms with Crippen LogP contribution in [0.1, 0.15) is 17.5 Å². The fourth-order valence-corrected chi connectivity index (χ4v) is 3.46. The lowest BCUT2D eigenvalue weighted by atomic mass is 9.93. The van der Waals surface area contributed by atoms with Gasteiger partial charge in [-0.15, -0.1) is 0 Å². The molecule has 2 atom stereocenters. The van der Waals surface area contributed by atoms with Crippen LogP contribution in [0, 0.1) is 5.92 Å². The first-order valence-electron chi connectivity index (χ1n) is 5.89. The fourth-order valence-electron chi connectivity index (χ4n) is 3.23. The Kier molecular flexibility index (Phi) is 2.49. The molecular formula is C13H13ClF3N. The number of benzene rings is 1. The van der Waals surface area contributed by atoms with Crippen molar-refractivity contribution in [1.29, 1.82) is 0 Å². The Balaban J connectivity index is 2.00. The summed E-state index contributed by atoms with van der Waals surface area (Å²) in [6.07, 6.45) is -3.38. The van der Waals surface area contributed by atoms with Gasteiger partial charge in [0.1, 0.15) is 0 Å². The first kappa shape index (κ1) is 12.3. The number of halogens is 4. The van der Waals surface area contributed by atoms with E-state index in [0.717, 1.165) is 25.1 Å². The fraction of sp³-hybridized carbons (Fsp3) is 0.538. The largest absolute Gasteiger partial charge is 0.417 e. The smallest absolute Gasteiger partial charge is 0.305 e. The summed E-state index contributed by atoms with van der Waals surface area (Å²) in [5, 5.41) is -0.216. The summed E-state index contributed by atoms with van der Waals surface area (Å²) in [7, 11) is 2.01. The van der Waals surface area contributed by atoms with Crippen LogP contribution in [0.25, 0.3) is 0 Å². The average molecular weight is 276 g/mol. The Labute approximate surface area is 109 Å². The molecule has 1 heterocycles. The molecule has 1 saturated carbocycles. The lowest BCUT2D eigenvalue weighted by Gasteiger charge is -2.18. The summed E-state index contributed by atoms with van der Waals surface area (Å²) >= 11 is 5.64. The summed E-state index contributed by atoms with van der Waals surface area (Å²) in [6.45, 7) is 1.82. The van der Waals surface area contributed by atoms with E-state index < -0.39 is 11.7 Å². The highest BCUT2D eigenvalue weighted by Gasteiger charge is 2.60. The average Bonchev–Trinajstić information content (AvgIpc) is 2.81. The molecule has 18 heavy (non-hydrogen) atoms. The third kappa shape index (κ3) is 1.74. The zero-order chi connectivity index (χ0) is 13.1. The first-order chi connectivity index (χ1) is 8.33. The van der Waals surface area contributed by atoms with Gasteiger partial charge in [-0.05, 0) is 37.1 Å². The van der Waals surface area contributed by atoms with Crippen molar-refractivity contribution in [3.63, 3.8) is 0 Å². The number of likely N-dealkylation sites (N-methyl/N-ethyl adjacent to an activating group) is 1. The van der Waals surface area contributed by atoms with Gasteiger partial charge in [0, 0.05) is 18.5 Å². The number of hydrogen-bond acceptors (Lipinski definition) is 1. The molecule has 0 radical (unpaired) electrons. The van der Waals surface area contributed by atoms with Gasteiger partial charge >= 0.3 is 6.18 Å². The second-order valence-electron chi connectivity index (χ2n) is 5.45. The van der Waals surface area contributed by atoms with Gasteiger partial charge in [0.2, 0.25) is 0 Å². The van der Waals surface area contributed by atoms with Crippen molar-refractivity contribution in [1.82, 2.24) is 4.90 Å². The topological polar surface area (TPSA) is 3.24 Å². The van der Waals surface area contributed by atoms with Crippen LogP contribution < -0.4 is 0 Å². The van der Waals surface area contributed by atoms with Gasteiger partial charge < -0.3 is 4.90 Å². The standard InChI is InChI=1S/C13H13ClF3N/c1-18-6-9-5-12(9,7-18)8-2-3-11(14)10(4-8)13(15,16)17/h2-4,9H,5-7H2,1H3/t9?,12-/m1/s1. The highest BCUT2D eigenvalue weighted by Crippen LogP contribution is 2.59. The Morgan fingerprint density at radius 2 is 2.11 bits per heavy atom. The lowest BCUT2D eigenvalue weighted by Crippen LogP contribution is -2.22. The molecule has 1 nitrogen and oxygen atoms in total. The molecule has 1 saturated heterocycles. The van der Waals surface area contributed by atoms with E-state index in [1.807, 2.05) is 7.05 Å². The molecule has 1 aromatic carbocycles. The molecule has 0 bridgehead atoms. The number of nitrogens with zero attached hydrogens (tertiary/aromatic N) is 1. The first-order valence-corrected chi connectivity index (χ1v) is 6.26. The minimum atomic E-state index is -4.38. The monoisotopic (exact) mass is 275 g/mol. The number of hydrogen-bond donors (Lipinski definition) is 0. The summed E-state index contributed by atoms with van der Waals surface area (Å²) in [5.74, 6) is 0.504. The second kappa shape index (κ2) is 3.64. The van der Waals surface area contributed by atoms with Gasteiger partial charge in [0.15, 0.2) is 0 Å². The van der Waals surface area contributed by atoms with Crippen LogP contribution >= 0.6 is 11.6 Å². The highest BCUT2D eigenvalue weighted by molar-refractivity contribution is 6.31. The van der Waals surface area contributed by atoms with E-state index in [2.05, 4.69) is 4.90 Å². The molecule has 1 unspecified atom stereocenters. The van der Waals surface area contributed by atoms with Crippen molar-refractivity contribution >= 4 is 11.6 Å². The summed E-state index contributed by atoms with van der Waals surface area (Å²) in [4.78, 5) is 2.18. The van der Waals surface area contributed by atoms with Gasteiger partial charge in [0.05, 0.1) is 10.6 Å². The second-order valence-corrected chi connectivity index (χ2v) is 5.85. The van der Waals surface area contributed by atoms with Crippen molar-refractivity contribution in [3.05, 3.63) is 34.3 Å². The van der Waals surface area contributed by atoms with Crippen molar-refractivity contribution < 1.29 is 13.2 Å². The molecule has 0 aromatic heterocycles. The Morgan fingerprint density at radius 3 is 2.67 bits per heavy atom. The van der Waals surface area contributed by atoms with E-state index >= 15 is 0 Å².